The molecule has 2 aromatic carbocycles. The van der Waals surface area contributed by atoms with Gasteiger partial charge in [0.25, 0.3) is 0 Å². The number of likely N-dealkylation sites (N-methyl/N-ethyl adjacent to an activating group) is 1. The molecular weight excluding hydrogens is 500 g/mol. The number of likely N-dealkylation sites (tertiary alicyclic amines) is 1. The number of carboxylic acid groups (broad SMARTS) is 1. The summed E-state index contributed by atoms with van der Waals surface area (Å²) in [6, 6.07) is 13.1. The third-order valence-corrected chi connectivity index (χ3v) is 6.26. The Bertz CT molecular complexity index is 1140. The number of carbonyl (C=O) groups is 3. The van der Waals surface area contributed by atoms with E-state index in [1.54, 1.807) is 53.3 Å². The first kappa shape index (κ1) is 27.7. The topological polar surface area (TPSA) is 102 Å². The minimum absolute atomic E-state index is 0.0742. The van der Waals surface area contributed by atoms with Crippen LogP contribution in [0.2, 0.25) is 0 Å². The zero-order valence-electron chi connectivity index (χ0n) is 20.1. The number of hydrogen-bond donors (Lipinski definition) is 2. The lowest BCUT2D eigenvalue weighted by atomic mass is 9.92. The minimum Gasteiger partial charge on any atom is -0.497 e. The Labute approximate surface area is 210 Å². The predicted molar refractivity (Wildman–Crippen MR) is 126 cm³/mol. The van der Waals surface area contributed by atoms with E-state index in [2.05, 4.69) is 5.32 Å². The number of rotatable bonds is 3. The molecule has 2 aliphatic rings. The number of alkyl halides is 3. The van der Waals surface area contributed by atoms with E-state index in [1.807, 2.05) is 11.9 Å². The number of halogens is 4. The first-order chi connectivity index (χ1) is 17.3. The molecule has 3 amide bonds. The van der Waals surface area contributed by atoms with Gasteiger partial charge >= 0.3 is 18.2 Å². The van der Waals surface area contributed by atoms with Gasteiger partial charge in [-0.3, -0.25) is 9.69 Å². The fourth-order valence-corrected chi connectivity index (χ4v) is 4.19. The molecule has 37 heavy (non-hydrogen) atoms. The predicted octanol–water partition coefficient (Wildman–Crippen LogP) is 3.42. The van der Waals surface area contributed by atoms with Crippen LogP contribution in [0.4, 0.5) is 33.7 Å². The lowest BCUT2D eigenvalue weighted by molar-refractivity contribution is -0.192. The molecule has 2 aromatic rings. The summed E-state index contributed by atoms with van der Waals surface area (Å²) in [5, 5.41) is 10.0. The molecule has 2 aliphatic heterocycles. The molecule has 2 fully saturated rings. The number of aliphatic carboxylic acids is 1. The van der Waals surface area contributed by atoms with E-state index in [9.17, 15) is 27.2 Å². The zero-order chi connectivity index (χ0) is 27.4. The van der Waals surface area contributed by atoms with Crippen molar-refractivity contribution in [3.63, 3.8) is 0 Å². The molecule has 0 radical (unpaired) electrons. The highest BCUT2D eigenvalue weighted by Gasteiger charge is 2.48. The molecule has 0 bridgehead atoms. The van der Waals surface area contributed by atoms with Crippen LogP contribution in [0.5, 0.6) is 5.75 Å². The Balaban J connectivity index is 0.000000479. The second kappa shape index (κ2) is 11.0. The number of piperazine rings is 1. The van der Waals surface area contributed by atoms with Crippen LogP contribution >= 0.6 is 0 Å². The van der Waals surface area contributed by atoms with Gasteiger partial charge < -0.3 is 25.0 Å². The number of methoxy groups -OCH3 is 1. The quantitative estimate of drug-likeness (QED) is 0.595. The van der Waals surface area contributed by atoms with Crippen molar-refractivity contribution < 1.29 is 41.8 Å². The Morgan fingerprint density at radius 1 is 1.11 bits per heavy atom. The number of carbonyl (C=O) groups excluding carboxylic acids is 2. The van der Waals surface area contributed by atoms with Crippen molar-refractivity contribution >= 4 is 29.3 Å². The third kappa shape index (κ3) is 6.67. The van der Waals surface area contributed by atoms with E-state index < -0.39 is 12.1 Å². The van der Waals surface area contributed by atoms with Crippen LogP contribution in [0, 0.1) is 5.82 Å². The third-order valence-electron chi connectivity index (χ3n) is 6.26. The molecule has 4 rings (SSSR count). The Hall–Kier alpha value is -3.87. The molecule has 1 spiro atoms. The average molecular weight is 526 g/mol. The lowest BCUT2D eigenvalue weighted by Crippen LogP contribution is -2.64. The van der Waals surface area contributed by atoms with Crippen molar-refractivity contribution in [2.24, 2.45) is 0 Å². The summed E-state index contributed by atoms with van der Waals surface area (Å²) in [6.45, 7) is 1.71. The van der Waals surface area contributed by atoms with Crippen LogP contribution in [-0.2, 0) is 9.59 Å². The van der Waals surface area contributed by atoms with Crippen LogP contribution < -0.4 is 15.0 Å². The van der Waals surface area contributed by atoms with Gasteiger partial charge in [0.05, 0.1) is 19.2 Å². The molecule has 2 heterocycles. The molecule has 0 aromatic heterocycles. The molecule has 200 valence electrons. The number of hydrogen-bond acceptors (Lipinski definition) is 5. The van der Waals surface area contributed by atoms with Crippen molar-refractivity contribution in [1.29, 1.82) is 0 Å². The van der Waals surface area contributed by atoms with Gasteiger partial charge in [0, 0.05) is 31.0 Å². The summed E-state index contributed by atoms with van der Waals surface area (Å²) >= 11 is 0. The summed E-state index contributed by atoms with van der Waals surface area (Å²) in [5.74, 6) is -2.48. The number of ether oxygens (including phenoxy) is 1. The molecule has 2 N–H and O–H groups in total. The highest BCUT2D eigenvalue weighted by atomic mass is 19.4. The highest BCUT2D eigenvalue weighted by Crippen LogP contribution is 2.34. The number of benzene rings is 2. The SMILES string of the molecule is COc1ccc(NC(=O)N2CCC3(C2)CN(c2cccc(F)c2)C(=O)CN3C)cc1.O=C(O)C(F)(F)F. The van der Waals surface area contributed by atoms with Gasteiger partial charge in [-0.1, -0.05) is 6.07 Å². The number of anilines is 2. The van der Waals surface area contributed by atoms with E-state index in [0.29, 0.717) is 31.0 Å². The number of nitrogens with zero attached hydrogens (tertiary/aromatic N) is 3. The average Bonchev–Trinajstić information content (AvgIpc) is 3.27. The molecule has 2 saturated heterocycles. The van der Waals surface area contributed by atoms with Crippen molar-refractivity contribution in [2.45, 2.75) is 18.1 Å². The monoisotopic (exact) mass is 526 g/mol. The Kier molecular flexibility index (Phi) is 8.26. The normalized spacial score (nSPS) is 19.9. The van der Waals surface area contributed by atoms with Gasteiger partial charge in [0.1, 0.15) is 11.6 Å². The van der Waals surface area contributed by atoms with Gasteiger partial charge in [-0.05, 0) is 55.9 Å². The van der Waals surface area contributed by atoms with Gasteiger partial charge in [-0.15, -0.1) is 0 Å². The lowest BCUT2D eigenvalue weighted by Gasteiger charge is -2.46. The first-order valence-corrected chi connectivity index (χ1v) is 11.1. The molecule has 1 atom stereocenters. The first-order valence-electron chi connectivity index (χ1n) is 11.1. The maximum atomic E-state index is 13.7. The Morgan fingerprint density at radius 2 is 1.76 bits per heavy atom. The van der Waals surface area contributed by atoms with Crippen LogP contribution in [0.25, 0.3) is 0 Å². The number of carboxylic acids is 1. The van der Waals surface area contributed by atoms with E-state index in [1.165, 1.54) is 12.1 Å². The van der Waals surface area contributed by atoms with Gasteiger partial charge in [-0.2, -0.15) is 13.2 Å². The van der Waals surface area contributed by atoms with Crippen molar-refractivity contribution in [1.82, 2.24) is 9.80 Å². The number of urea groups is 1. The Morgan fingerprint density at radius 3 is 2.32 bits per heavy atom. The molecule has 13 heteroatoms. The zero-order valence-corrected chi connectivity index (χ0v) is 20.1. The number of amides is 3. The van der Waals surface area contributed by atoms with Crippen molar-refractivity contribution in [3.05, 3.63) is 54.3 Å². The standard InChI is InChI=1S/C22H25FN4O3.C2HF3O2/c1-25-13-20(28)27(18-5-3-4-16(23)12-18)15-22(25)10-11-26(14-22)21(29)24-17-6-8-19(30-2)9-7-17;3-2(4,5)1(6)7/h3-9,12H,10-11,13-15H2,1-2H3,(H,24,29);(H,6,7). The second-order valence-electron chi connectivity index (χ2n) is 8.67. The van der Waals surface area contributed by atoms with Crippen LogP contribution in [-0.4, -0.2) is 84.9 Å². The highest BCUT2D eigenvalue weighted by molar-refractivity contribution is 5.96. The van der Waals surface area contributed by atoms with E-state index in [4.69, 9.17) is 14.6 Å². The maximum Gasteiger partial charge on any atom is 0.490 e. The molecule has 1 unspecified atom stereocenters. The molecule has 0 aliphatic carbocycles. The summed E-state index contributed by atoms with van der Waals surface area (Å²) in [6.07, 6.45) is -4.35. The van der Waals surface area contributed by atoms with E-state index in [-0.39, 0.29) is 29.8 Å². The molecule has 9 nitrogen and oxygen atoms in total. The molecular formula is C24H26F4N4O5. The van der Waals surface area contributed by atoms with E-state index in [0.717, 1.165) is 12.2 Å². The summed E-state index contributed by atoms with van der Waals surface area (Å²) < 4.78 is 50.6. The van der Waals surface area contributed by atoms with Gasteiger partial charge in [0.15, 0.2) is 0 Å². The molecule has 0 saturated carbocycles. The van der Waals surface area contributed by atoms with Crippen LogP contribution in [0.15, 0.2) is 48.5 Å². The number of nitrogens with one attached hydrogen (secondary N) is 1. The van der Waals surface area contributed by atoms with E-state index >= 15 is 0 Å². The smallest absolute Gasteiger partial charge is 0.490 e. The van der Waals surface area contributed by atoms with Gasteiger partial charge in [0.2, 0.25) is 5.91 Å². The second-order valence-corrected chi connectivity index (χ2v) is 8.67. The van der Waals surface area contributed by atoms with Gasteiger partial charge in [-0.25, -0.2) is 14.0 Å². The fourth-order valence-electron chi connectivity index (χ4n) is 4.19. The maximum absolute atomic E-state index is 13.7. The van der Waals surface area contributed by atoms with Crippen LogP contribution in [0.1, 0.15) is 6.42 Å². The van der Waals surface area contributed by atoms with Crippen molar-refractivity contribution in [2.75, 3.05) is 50.6 Å². The fraction of sp³-hybridized carbons (Fsp3) is 0.375. The largest absolute Gasteiger partial charge is 0.497 e. The minimum atomic E-state index is -5.08. The van der Waals surface area contributed by atoms with Crippen LogP contribution in [0.3, 0.4) is 0 Å². The summed E-state index contributed by atoms with van der Waals surface area (Å²) in [4.78, 5) is 39.7. The summed E-state index contributed by atoms with van der Waals surface area (Å²) in [5.41, 5.74) is 0.876. The van der Waals surface area contributed by atoms with Crippen molar-refractivity contribution in [3.8, 4) is 5.75 Å². The summed E-state index contributed by atoms with van der Waals surface area (Å²) in [7, 11) is 3.50.